The molecule has 1 fully saturated rings. The molecule has 11 heteroatoms. The summed E-state index contributed by atoms with van der Waals surface area (Å²) in [5, 5.41) is 21.0. The summed E-state index contributed by atoms with van der Waals surface area (Å²) in [5.41, 5.74) is 2.22. The van der Waals surface area contributed by atoms with Crippen molar-refractivity contribution in [3.05, 3.63) is 45.4 Å². The van der Waals surface area contributed by atoms with E-state index in [1.165, 1.54) is 40.0 Å². The standard InChI is InChI=1S/C19H20N6O2S3/c1-11-3-5-13(6-4-11)9-20-16(27)17-22-21-15(29-17)10-28-19-24-23-18(30-19)25(12(2)26)14-7-8-14/h3-6,14H,7-10H2,1-2H3,(H,20,27). The maximum absolute atomic E-state index is 12.3. The third kappa shape index (κ3) is 5.21. The molecule has 0 unspecified atom stereocenters. The lowest BCUT2D eigenvalue weighted by molar-refractivity contribution is -0.116. The fourth-order valence-electron chi connectivity index (χ4n) is 2.73. The number of aromatic nitrogens is 4. The van der Waals surface area contributed by atoms with E-state index < -0.39 is 0 Å². The summed E-state index contributed by atoms with van der Waals surface area (Å²) >= 11 is 4.14. The summed E-state index contributed by atoms with van der Waals surface area (Å²) in [7, 11) is 0. The Morgan fingerprint density at radius 3 is 2.60 bits per heavy atom. The smallest absolute Gasteiger partial charge is 0.282 e. The van der Waals surface area contributed by atoms with Crippen LogP contribution >= 0.6 is 34.4 Å². The Morgan fingerprint density at radius 2 is 1.90 bits per heavy atom. The molecule has 1 aliphatic carbocycles. The molecular formula is C19H20N6O2S3. The van der Waals surface area contributed by atoms with Crippen molar-refractivity contribution in [2.75, 3.05) is 4.90 Å². The predicted molar refractivity (Wildman–Crippen MR) is 118 cm³/mol. The van der Waals surface area contributed by atoms with Gasteiger partial charge in [-0.15, -0.1) is 20.4 Å². The van der Waals surface area contributed by atoms with Crippen LogP contribution in [0.4, 0.5) is 5.13 Å². The van der Waals surface area contributed by atoms with Crippen molar-refractivity contribution >= 4 is 51.4 Å². The maximum atomic E-state index is 12.3. The van der Waals surface area contributed by atoms with Crippen LogP contribution in [0.1, 0.15) is 45.7 Å². The Kier molecular flexibility index (Phi) is 6.40. The summed E-state index contributed by atoms with van der Waals surface area (Å²) in [6, 6.07) is 8.27. The number of anilines is 1. The van der Waals surface area contributed by atoms with Crippen LogP contribution in [0.3, 0.4) is 0 Å². The molecule has 30 heavy (non-hydrogen) atoms. The summed E-state index contributed by atoms with van der Waals surface area (Å²) in [4.78, 5) is 25.9. The molecule has 1 aliphatic rings. The van der Waals surface area contributed by atoms with Gasteiger partial charge in [-0.05, 0) is 25.3 Å². The minimum atomic E-state index is -0.232. The van der Waals surface area contributed by atoms with Gasteiger partial charge in [0.25, 0.3) is 5.91 Å². The number of thioether (sulfide) groups is 1. The molecule has 1 N–H and O–H groups in total. The van der Waals surface area contributed by atoms with Crippen LogP contribution in [0.2, 0.25) is 0 Å². The van der Waals surface area contributed by atoms with Crippen molar-refractivity contribution in [3.8, 4) is 0 Å². The predicted octanol–water partition coefficient (Wildman–Crippen LogP) is 3.44. The van der Waals surface area contributed by atoms with Crippen molar-refractivity contribution in [2.24, 2.45) is 0 Å². The molecule has 4 rings (SSSR count). The minimum absolute atomic E-state index is 0.00406. The van der Waals surface area contributed by atoms with E-state index in [2.05, 4.69) is 25.7 Å². The van der Waals surface area contributed by atoms with Crippen LogP contribution in [0.25, 0.3) is 0 Å². The highest BCUT2D eigenvalue weighted by Crippen LogP contribution is 2.36. The number of amides is 2. The first-order valence-electron chi connectivity index (χ1n) is 9.42. The lowest BCUT2D eigenvalue weighted by atomic mass is 10.1. The lowest BCUT2D eigenvalue weighted by Gasteiger charge is -2.15. The first-order chi connectivity index (χ1) is 14.5. The molecule has 2 amide bonds. The van der Waals surface area contributed by atoms with Crippen LogP contribution in [-0.2, 0) is 17.1 Å². The van der Waals surface area contributed by atoms with Crippen molar-refractivity contribution < 1.29 is 9.59 Å². The summed E-state index contributed by atoms with van der Waals surface area (Å²) in [6.07, 6.45) is 2.03. The molecule has 0 bridgehead atoms. The largest absolute Gasteiger partial charge is 0.346 e. The number of benzene rings is 1. The summed E-state index contributed by atoms with van der Waals surface area (Å²) < 4.78 is 0.762. The fraction of sp³-hybridized carbons (Fsp3) is 0.368. The molecule has 0 saturated heterocycles. The van der Waals surface area contributed by atoms with E-state index in [1.807, 2.05) is 31.2 Å². The average Bonchev–Trinajstić information content (AvgIpc) is 3.24. The van der Waals surface area contributed by atoms with E-state index in [1.54, 1.807) is 11.8 Å². The number of nitrogens with one attached hydrogen (secondary N) is 1. The van der Waals surface area contributed by atoms with E-state index in [4.69, 9.17) is 0 Å². The minimum Gasteiger partial charge on any atom is -0.346 e. The van der Waals surface area contributed by atoms with Gasteiger partial charge in [0.15, 0.2) is 4.34 Å². The fourth-order valence-corrected chi connectivity index (χ4v) is 5.43. The topological polar surface area (TPSA) is 101 Å². The Bertz CT molecular complexity index is 1040. The second-order valence-electron chi connectivity index (χ2n) is 6.93. The number of carbonyl (C=O) groups is 2. The van der Waals surface area contributed by atoms with Gasteiger partial charge in [-0.3, -0.25) is 14.5 Å². The lowest BCUT2D eigenvalue weighted by Crippen LogP contribution is -2.30. The van der Waals surface area contributed by atoms with E-state index in [-0.39, 0.29) is 17.9 Å². The van der Waals surface area contributed by atoms with Crippen LogP contribution < -0.4 is 10.2 Å². The highest BCUT2D eigenvalue weighted by atomic mass is 32.2. The number of nitrogens with zero attached hydrogens (tertiary/aromatic N) is 5. The SMILES string of the molecule is CC(=O)N(c1nnc(SCc2nnc(C(=O)NCc3ccc(C)cc3)s2)s1)C1CC1. The molecule has 0 spiro atoms. The number of aryl methyl sites for hydroxylation is 1. The molecular weight excluding hydrogens is 440 g/mol. The van der Waals surface area contributed by atoms with Gasteiger partial charge in [0.1, 0.15) is 5.01 Å². The van der Waals surface area contributed by atoms with E-state index in [0.29, 0.717) is 22.4 Å². The zero-order valence-corrected chi connectivity index (χ0v) is 18.9. The van der Waals surface area contributed by atoms with Gasteiger partial charge >= 0.3 is 0 Å². The molecule has 1 aromatic carbocycles. The van der Waals surface area contributed by atoms with Crippen molar-refractivity contribution in [3.63, 3.8) is 0 Å². The van der Waals surface area contributed by atoms with Gasteiger partial charge < -0.3 is 5.32 Å². The van der Waals surface area contributed by atoms with Crippen LogP contribution in [0, 0.1) is 6.92 Å². The van der Waals surface area contributed by atoms with Gasteiger partial charge in [0.2, 0.25) is 16.0 Å². The highest BCUT2D eigenvalue weighted by Gasteiger charge is 2.34. The monoisotopic (exact) mass is 460 g/mol. The zero-order valence-electron chi connectivity index (χ0n) is 16.5. The van der Waals surface area contributed by atoms with Crippen LogP contribution in [0.15, 0.2) is 28.6 Å². The normalized spacial score (nSPS) is 13.3. The Hall–Kier alpha value is -2.37. The van der Waals surface area contributed by atoms with E-state index in [9.17, 15) is 9.59 Å². The van der Waals surface area contributed by atoms with Crippen molar-refractivity contribution in [1.82, 2.24) is 25.7 Å². The molecule has 156 valence electrons. The van der Waals surface area contributed by atoms with Gasteiger partial charge in [0.05, 0.1) is 5.75 Å². The van der Waals surface area contributed by atoms with Gasteiger partial charge in [-0.2, -0.15) is 0 Å². The highest BCUT2D eigenvalue weighted by molar-refractivity contribution is 8.00. The van der Waals surface area contributed by atoms with Crippen molar-refractivity contribution in [2.45, 2.75) is 49.4 Å². The number of rotatable bonds is 8. The molecule has 2 aromatic heterocycles. The molecule has 1 saturated carbocycles. The van der Waals surface area contributed by atoms with Crippen LogP contribution in [0.5, 0.6) is 0 Å². The number of hydrogen-bond donors (Lipinski definition) is 1. The first-order valence-corrected chi connectivity index (χ1v) is 12.0. The summed E-state index contributed by atoms with van der Waals surface area (Å²) in [6.45, 7) is 4.03. The molecule has 0 aliphatic heterocycles. The number of hydrogen-bond acceptors (Lipinski definition) is 9. The van der Waals surface area contributed by atoms with Gasteiger partial charge in [0, 0.05) is 19.5 Å². The Labute approximate surface area is 186 Å². The Balaban J connectivity index is 1.30. The summed E-state index contributed by atoms with van der Waals surface area (Å²) in [5.74, 6) is 0.306. The quantitative estimate of drug-likeness (QED) is 0.406. The molecule has 8 nitrogen and oxygen atoms in total. The number of carbonyl (C=O) groups excluding carboxylic acids is 2. The molecule has 3 aromatic rings. The third-order valence-electron chi connectivity index (χ3n) is 4.41. The van der Waals surface area contributed by atoms with E-state index >= 15 is 0 Å². The van der Waals surface area contributed by atoms with Crippen LogP contribution in [-0.4, -0.2) is 38.3 Å². The second kappa shape index (κ2) is 9.19. The Morgan fingerprint density at radius 1 is 1.13 bits per heavy atom. The third-order valence-corrected chi connectivity index (χ3v) is 7.58. The maximum Gasteiger partial charge on any atom is 0.282 e. The molecule has 0 radical (unpaired) electrons. The van der Waals surface area contributed by atoms with Gasteiger partial charge in [-0.1, -0.05) is 64.3 Å². The molecule has 2 heterocycles. The first kappa shape index (κ1) is 20.9. The average molecular weight is 461 g/mol. The van der Waals surface area contributed by atoms with E-state index in [0.717, 1.165) is 27.8 Å². The second-order valence-corrected chi connectivity index (χ2v) is 10.2. The zero-order chi connectivity index (χ0) is 21.1. The molecule has 0 atom stereocenters. The van der Waals surface area contributed by atoms with Crippen molar-refractivity contribution in [1.29, 1.82) is 0 Å². The van der Waals surface area contributed by atoms with Gasteiger partial charge in [-0.25, -0.2) is 0 Å².